The number of hydrogen-bond acceptors (Lipinski definition) is 0. The molecule has 0 saturated carbocycles. The van der Waals surface area contributed by atoms with Gasteiger partial charge in [0.25, 0.3) is 0 Å². The Morgan fingerprint density at radius 2 is 0.625 bits per heavy atom. The van der Waals surface area contributed by atoms with E-state index in [1.807, 2.05) is 0 Å². The fraction of sp³-hybridized carbons (Fsp3) is 0. The van der Waals surface area contributed by atoms with E-state index < -0.39 is 0 Å². The van der Waals surface area contributed by atoms with Gasteiger partial charge in [0.2, 0.25) is 0 Å². The molecule has 8 heteroatoms. The monoisotopic (exact) mass is 444 g/mol. The van der Waals surface area contributed by atoms with Gasteiger partial charge >= 0.3 is 65.1 Å². The summed E-state index contributed by atoms with van der Waals surface area (Å²) in [6.07, 6.45) is 0. The summed E-state index contributed by atoms with van der Waals surface area (Å²) < 4.78 is 0. The molecule has 4 nitrogen and oxygen atoms in total. The van der Waals surface area contributed by atoms with Gasteiger partial charge in [0.1, 0.15) is 0 Å². The van der Waals surface area contributed by atoms with E-state index in [-0.39, 0.29) is 136 Å². The van der Waals surface area contributed by atoms with E-state index in [2.05, 4.69) is 0 Å². The van der Waals surface area contributed by atoms with Crippen molar-refractivity contribution in [1.29, 1.82) is 0 Å². The van der Waals surface area contributed by atoms with E-state index in [0.29, 0.717) is 0 Å². The Balaban J connectivity index is 0. The van der Waals surface area contributed by atoms with Crippen LogP contribution in [0.3, 0.4) is 0 Å². The van der Waals surface area contributed by atoms with Crippen LogP contribution in [0.1, 0.15) is 0 Å². The minimum absolute atomic E-state index is 0. The Hall–Kier alpha value is 3.54. The molecule has 0 aromatic carbocycles. The molecule has 0 atom stereocenters. The minimum atomic E-state index is 0. The van der Waals surface area contributed by atoms with Crippen molar-refractivity contribution in [3.05, 3.63) is 0 Å². The molecular formula is GaInO4XeZn. The molecule has 0 radical (unpaired) electrons. The van der Waals surface area contributed by atoms with Crippen LogP contribution in [0.25, 0.3) is 0 Å². The van der Waals surface area contributed by atoms with E-state index >= 15 is 0 Å². The Bertz CT molecular complexity index is 16.0. The van der Waals surface area contributed by atoms with E-state index in [9.17, 15) is 0 Å². The van der Waals surface area contributed by atoms with Gasteiger partial charge in [0.15, 0.2) is 0 Å². The Labute approximate surface area is 133 Å². The largest absolute Gasteiger partial charge is 3.00 e. The molecule has 0 heterocycles. The third kappa shape index (κ3) is 55.5. The second-order valence-corrected chi connectivity index (χ2v) is 0. The van der Waals surface area contributed by atoms with Crippen LogP contribution >= 0.6 is 0 Å². The zero-order chi connectivity index (χ0) is 0. The van der Waals surface area contributed by atoms with Crippen LogP contribution in [0, 0.1) is 48.9 Å². The molecule has 0 saturated heterocycles. The molecule has 0 aliphatic rings. The summed E-state index contributed by atoms with van der Waals surface area (Å²) in [5.41, 5.74) is 0. The third-order valence-electron chi connectivity index (χ3n) is 0. The first-order valence-corrected chi connectivity index (χ1v) is 0. The first-order valence-electron chi connectivity index (χ1n) is 0. The van der Waals surface area contributed by atoms with Gasteiger partial charge in [-0.2, -0.15) is 0 Å². The first-order chi connectivity index (χ1) is 0. The number of rotatable bonds is 0. The SMILES string of the molecule is [Ga+3].[In+3].[O-2].[O-2].[O-2].[O-2].[Xe].[Zn+2]. The van der Waals surface area contributed by atoms with Gasteiger partial charge in [-0.05, 0) is 0 Å². The molecule has 0 aromatic rings. The average molecular weight is 445 g/mol. The van der Waals surface area contributed by atoms with Crippen molar-refractivity contribution in [2.75, 3.05) is 0 Å². The van der Waals surface area contributed by atoms with Crippen molar-refractivity contribution >= 4 is 45.6 Å². The van der Waals surface area contributed by atoms with Crippen LogP contribution in [0.2, 0.25) is 0 Å². The molecule has 0 unspecified atom stereocenters. The summed E-state index contributed by atoms with van der Waals surface area (Å²) in [7, 11) is 0. The molecule has 0 rings (SSSR count). The maximum absolute atomic E-state index is 0. The summed E-state index contributed by atoms with van der Waals surface area (Å²) in [4.78, 5) is 0. The van der Waals surface area contributed by atoms with Crippen molar-refractivity contribution in [1.82, 2.24) is 0 Å². The van der Waals surface area contributed by atoms with Crippen LogP contribution in [0.5, 0.6) is 0 Å². The van der Waals surface area contributed by atoms with Crippen LogP contribution in [0.15, 0.2) is 0 Å². The molecule has 0 N–H and O–H groups in total. The zero-order valence-corrected chi connectivity index (χ0v) is 14.6. The van der Waals surface area contributed by atoms with Crippen molar-refractivity contribution in [3.63, 3.8) is 0 Å². The first kappa shape index (κ1) is 102. The fourth-order valence-electron chi connectivity index (χ4n) is 0. The predicted molar refractivity (Wildman–Crippen MR) is 14.3 cm³/mol. The second-order valence-electron chi connectivity index (χ2n) is 0. The molecular weight excluding hydrogens is 445 g/mol. The topological polar surface area (TPSA) is 114 Å². The van der Waals surface area contributed by atoms with Crippen LogP contribution < -0.4 is 0 Å². The Kier molecular flexibility index (Phi) is 978. The quantitative estimate of drug-likeness (QED) is 0.416. The van der Waals surface area contributed by atoms with Gasteiger partial charge in [0.05, 0.1) is 0 Å². The standard InChI is InChI=1S/Ga.In.4O.Xe.Zn/q2*+3;4*-2;;+2. The smallest absolute Gasteiger partial charge is 2.00 e. The van der Waals surface area contributed by atoms with Crippen molar-refractivity contribution < 1.29 is 90.3 Å². The maximum atomic E-state index is 0. The molecule has 8 heavy (non-hydrogen) atoms. The van der Waals surface area contributed by atoms with E-state index in [1.54, 1.807) is 0 Å². The molecule has 0 aliphatic carbocycles. The normalized spacial score (nSPS) is 0. The maximum Gasteiger partial charge on any atom is 3.00 e. The summed E-state index contributed by atoms with van der Waals surface area (Å²) in [6, 6.07) is 0. The van der Waals surface area contributed by atoms with E-state index in [4.69, 9.17) is 0 Å². The minimum Gasteiger partial charge on any atom is -2.00 e. The van der Waals surface area contributed by atoms with E-state index in [1.165, 1.54) is 0 Å². The van der Waals surface area contributed by atoms with Crippen molar-refractivity contribution in [2.24, 2.45) is 0 Å². The van der Waals surface area contributed by atoms with Gasteiger partial charge in [-0.3, -0.25) is 0 Å². The van der Waals surface area contributed by atoms with E-state index in [0.717, 1.165) is 0 Å². The molecule has 0 aliphatic heterocycles. The molecule has 0 spiro atoms. The summed E-state index contributed by atoms with van der Waals surface area (Å²) in [5, 5.41) is 0. The molecule has 0 amide bonds. The zero-order valence-electron chi connectivity index (χ0n) is 3.85. The third-order valence-corrected chi connectivity index (χ3v) is 0. The van der Waals surface area contributed by atoms with Crippen LogP contribution in [-0.2, 0) is 41.4 Å². The summed E-state index contributed by atoms with van der Waals surface area (Å²) in [5.74, 6) is 0. The van der Waals surface area contributed by atoms with Gasteiger partial charge in [-0.25, -0.2) is 0 Å². The van der Waals surface area contributed by atoms with Gasteiger partial charge < -0.3 is 21.9 Å². The second kappa shape index (κ2) is 76.5. The van der Waals surface area contributed by atoms with Crippen LogP contribution in [0.4, 0.5) is 0 Å². The van der Waals surface area contributed by atoms with Crippen LogP contribution in [-0.4, -0.2) is 45.6 Å². The molecule has 0 bridgehead atoms. The summed E-state index contributed by atoms with van der Waals surface area (Å²) in [6.45, 7) is 0. The molecule has 40 valence electrons. The van der Waals surface area contributed by atoms with Gasteiger partial charge in [0, 0.05) is 48.9 Å². The fourth-order valence-corrected chi connectivity index (χ4v) is 0. The Morgan fingerprint density at radius 1 is 0.625 bits per heavy atom. The van der Waals surface area contributed by atoms with Gasteiger partial charge in [-0.1, -0.05) is 0 Å². The van der Waals surface area contributed by atoms with Crippen molar-refractivity contribution in [3.8, 4) is 0 Å². The Morgan fingerprint density at radius 3 is 0.625 bits per heavy atom. The average Bonchev–Trinajstić information content (AvgIpc) is 0. The molecule has 0 aromatic heterocycles. The number of hydrogen-bond donors (Lipinski definition) is 0. The predicted octanol–water partition coefficient (Wildman–Crippen LogP) is -1.24. The van der Waals surface area contributed by atoms with Gasteiger partial charge in [-0.15, -0.1) is 0 Å². The van der Waals surface area contributed by atoms with Crippen molar-refractivity contribution in [2.45, 2.75) is 0 Å². The summed E-state index contributed by atoms with van der Waals surface area (Å²) >= 11 is 0. The molecule has 0 fully saturated rings.